The third kappa shape index (κ3) is 4.73. The van der Waals surface area contributed by atoms with Crippen LogP contribution in [0.5, 0.6) is 10.8 Å². The van der Waals surface area contributed by atoms with E-state index in [1.807, 2.05) is 36.0 Å². The summed E-state index contributed by atoms with van der Waals surface area (Å²) >= 11 is 1.51. The molecule has 3 aromatic heterocycles. The fourth-order valence-corrected chi connectivity index (χ4v) is 6.56. The van der Waals surface area contributed by atoms with Crippen LogP contribution in [0.3, 0.4) is 0 Å². The van der Waals surface area contributed by atoms with E-state index in [2.05, 4.69) is 117 Å². The predicted octanol–water partition coefficient (Wildman–Crippen LogP) is 9.26. The molecule has 0 atom stereocenters. The van der Waals surface area contributed by atoms with Gasteiger partial charge in [0.15, 0.2) is 0 Å². The molecule has 1 aliphatic rings. The summed E-state index contributed by atoms with van der Waals surface area (Å²) in [7, 11) is 0. The van der Waals surface area contributed by atoms with Crippen LogP contribution >= 0.6 is 11.3 Å². The maximum absolute atomic E-state index is 6.39. The normalized spacial score (nSPS) is 13.1. The van der Waals surface area contributed by atoms with E-state index < -0.39 is 5.41 Å². The summed E-state index contributed by atoms with van der Waals surface area (Å²) < 4.78 is 6.39. The van der Waals surface area contributed by atoms with Gasteiger partial charge in [0.05, 0.1) is 11.1 Å². The molecular formula is C37H28N2OPtS. The van der Waals surface area contributed by atoms with Crippen LogP contribution in [-0.2, 0) is 31.9 Å². The Bertz CT molecular complexity index is 1830. The molecule has 5 heteroatoms. The number of hydrogen-bond acceptors (Lipinski definition) is 4. The molecular weight excluding hydrogens is 716 g/mol. The Morgan fingerprint density at radius 2 is 1.45 bits per heavy atom. The minimum atomic E-state index is -0.616. The van der Waals surface area contributed by atoms with Crippen LogP contribution in [0.2, 0.25) is 0 Å². The number of fused-ring (bicyclic) bond motifs is 3. The second-order valence-corrected chi connectivity index (χ2v) is 12.2. The summed E-state index contributed by atoms with van der Waals surface area (Å²) in [4.78, 5) is 9.51. The van der Waals surface area contributed by atoms with E-state index in [0.29, 0.717) is 10.8 Å². The standard InChI is InChI=1S/C37H28N2OS.Pt/c1-36(2,3)26-18-20-38-33(23-26)25-21-35(41-24-25)40-28-12-10-11-27(22-28)37(34-17-8-9-19-39-34)31-15-6-4-13-29(31)30-14-5-7-16-32(30)37;/h4-20,23-24H,1-3H3;/q-2;+2. The average molecular weight is 744 g/mol. The SMILES string of the molecule is CC(C)(C)c1ccnc(-c2[c-]c(Oc3[c-]c(C4(c5ccccn5)c5ccccc5-c5ccccc54)ccc3)sc2)c1.[Pt+2]. The molecule has 0 aliphatic heterocycles. The number of ether oxygens (including phenoxy) is 1. The molecule has 7 rings (SSSR count). The van der Waals surface area contributed by atoms with Crippen molar-refractivity contribution in [2.24, 2.45) is 0 Å². The first kappa shape index (κ1) is 28.3. The molecule has 0 N–H and O–H groups in total. The zero-order valence-electron chi connectivity index (χ0n) is 23.5. The zero-order valence-corrected chi connectivity index (χ0v) is 26.6. The summed E-state index contributed by atoms with van der Waals surface area (Å²) in [5.41, 5.74) is 9.27. The first-order chi connectivity index (χ1) is 19.9. The Labute approximate surface area is 265 Å². The summed E-state index contributed by atoms with van der Waals surface area (Å²) in [5.74, 6) is 0.640. The largest absolute Gasteiger partial charge is 2.00 e. The van der Waals surface area contributed by atoms with E-state index in [9.17, 15) is 0 Å². The van der Waals surface area contributed by atoms with Crippen LogP contribution in [0.1, 0.15) is 48.7 Å². The molecule has 3 heterocycles. The van der Waals surface area contributed by atoms with Crippen LogP contribution in [0.4, 0.5) is 0 Å². The van der Waals surface area contributed by atoms with Crippen LogP contribution in [0.25, 0.3) is 22.4 Å². The van der Waals surface area contributed by atoms with Gasteiger partial charge in [-0.25, -0.2) is 0 Å². The zero-order chi connectivity index (χ0) is 28.0. The molecule has 208 valence electrons. The monoisotopic (exact) mass is 743 g/mol. The van der Waals surface area contributed by atoms with E-state index >= 15 is 0 Å². The summed E-state index contributed by atoms with van der Waals surface area (Å²) in [6.45, 7) is 6.62. The Hall–Kier alpha value is -3.85. The van der Waals surface area contributed by atoms with Gasteiger partial charge in [0.1, 0.15) is 5.06 Å². The van der Waals surface area contributed by atoms with Crippen molar-refractivity contribution in [3.63, 3.8) is 0 Å². The average Bonchev–Trinajstić information content (AvgIpc) is 3.59. The summed E-state index contributed by atoms with van der Waals surface area (Å²) in [6, 6.07) is 40.8. The first-order valence-corrected chi connectivity index (χ1v) is 14.6. The number of benzene rings is 3. The summed E-state index contributed by atoms with van der Waals surface area (Å²) in [5, 5.41) is 2.72. The van der Waals surface area contributed by atoms with Gasteiger partial charge in [0, 0.05) is 18.1 Å². The molecule has 0 spiro atoms. The molecule has 0 radical (unpaired) electrons. The van der Waals surface area contributed by atoms with Gasteiger partial charge in [-0.15, -0.1) is 29.1 Å². The molecule has 0 unspecified atom stereocenters. The number of rotatable bonds is 5. The van der Waals surface area contributed by atoms with Gasteiger partial charge < -0.3 is 9.72 Å². The Morgan fingerprint density at radius 3 is 2.14 bits per heavy atom. The number of hydrogen-bond donors (Lipinski definition) is 0. The van der Waals surface area contributed by atoms with Crippen molar-refractivity contribution in [2.75, 3.05) is 0 Å². The molecule has 6 aromatic rings. The predicted molar refractivity (Wildman–Crippen MR) is 166 cm³/mol. The number of nitrogens with zero attached hydrogens (tertiary/aromatic N) is 2. The van der Waals surface area contributed by atoms with Crippen molar-refractivity contribution >= 4 is 11.3 Å². The Morgan fingerprint density at radius 1 is 0.738 bits per heavy atom. The third-order valence-electron chi connectivity index (χ3n) is 7.80. The van der Waals surface area contributed by atoms with Crippen LogP contribution in [0.15, 0.2) is 115 Å². The number of thiophene rings is 1. The van der Waals surface area contributed by atoms with E-state index in [-0.39, 0.29) is 26.5 Å². The second-order valence-electron chi connectivity index (χ2n) is 11.3. The molecule has 0 bridgehead atoms. The van der Waals surface area contributed by atoms with Crippen molar-refractivity contribution in [3.8, 4) is 33.2 Å². The minimum Gasteiger partial charge on any atom is -0.487 e. The van der Waals surface area contributed by atoms with Crippen molar-refractivity contribution in [3.05, 3.63) is 155 Å². The molecule has 3 aromatic carbocycles. The fourth-order valence-electron chi connectivity index (χ4n) is 5.85. The number of aromatic nitrogens is 2. The summed E-state index contributed by atoms with van der Waals surface area (Å²) in [6.07, 6.45) is 3.74. The first-order valence-electron chi connectivity index (χ1n) is 13.7. The molecule has 1 aliphatic carbocycles. The van der Waals surface area contributed by atoms with Gasteiger partial charge in [-0.3, -0.25) is 4.98 Å². The molecule has 42 heavy (non-hydrogen) atoms. The van der Waals surface area contributed by atoms with E-state index in [4.69, 9.17) is 9.72 Å². The molecule has 0 saturated heterocycles. The van der Waals surface area contributed by atoms with Gasteiger partial charge in [0.25, 0.3) is 0 Å². The second kappa shape index (κ2) is 11.1. The van der Waals surface area contributed by atoms with Gasteiger partial charge in [-0.05, 0) is 51.6 Å². The van der Waals surface area contributed by atoms with E-state index in [1.54, 1.807) is 0 Å². The van der Waals surface area contributed by atoms with Gasteiger partial charge in [0.2, 0.25) is 0 Å². The third-order valence-corrected chi connectivity index (χ3v) is 8.55. The van der Waals surface area contributed by atoms with Crippen LogP contribution < -0.4 is 4.74 Å². The van der Waals surface area contributed by atoms with Crippen molar-refractivity contribution in [1.82, 2.24) is 9.97 Å². The van der Waals surface area contributed by atoms with Crippen molar-refractivity contribution in [2.45, 2.75) is 31.6 Å². The van der Waals surface area contributed by atoms with E-state index in [0.717, 1.165) is 22.5 Å². The van der Waals surface area contributed by atoms with Crippen molar-refractivity contribution < 1.29 is 25.8 Å². The fraction of sp³-hybridized carbons (Fsp3) is 0.135. The maximum Gasteiger partial charge on any atom is 2.00 e. The quantitative estimate of drug-likeness (QED) is 0.165. The smallest absolute Gasteiger partial charge is 0.487 e. The molecule has 0 amide bonds. The Balaban J connectivity index is 0.00000316. The van der Waals surface area contributed by atoms with Gasteiger partial charge >= 0.3 is 21.1 Å². The minimum absolute atomic E-state index is 0. The van der Waals surface area contributed by atoms with Crippen molar-refractivity contribution in [1.29, 1.82) is 0 Å². The molecule has 3 nitrogen and oxygen atoms in total. The number of pyridine rings is 2. The maximum atomic E-state index is 6.39. The molecule has 0 fully saturated rings. The van der Waals surface area contributed by atoms with E-state index in [1.165, 1.54) is 39.2 Å². The topological polar surface area (TPSA) is 35.0 Å². The van der Waals surface area contributed by atoms with Gasteiger partial charge in [-0.2, -0.15) is 29.0 Å². The Kier molecular flexibility index (Phi) is 7.47. The van der Waals surface area contributed by atoms with Crippen LogP contribution in [0, 0.1) is 12.1 Å². The van der Waals surface area contributed by atoms with Gasteiger partial charge in [-0.1, -0.05) is 87.0 Å². The van der Waals surface area contributed by atoms with Crippen LogP contribution in [-0.4, -0.2) is 9.97 Å². The molecule has 0 saturated carbocycles.